The maximum absolute atomic E-state index is 11.3. The number of rotatable bonds is 15. The number of nitrogens with one attached hydrogen (secondary N) is 1. The molecule has 4 fully saturated rings. The first kappa shape index (κ1) is 54.5. The summed E-state index contributed by atoms with van der Waals surface area (Å²) in [5.74, 6) is 0.894. The van der Waals surface area contributed by atoms with Crippen LogP contribution in [0.2, 0.25) is 0 Å². The maximum atomic E-state index is 11.3. The van der Waals surface area contributed by atoms with Crippen LogP contribution in [0.25, 0.3) is 12.2 Å². The summed E-state index contributed by atoms with van der Waals surface area (Å²) in [6, 6.07) is 18.0. The summed E-state index contributed by atoms with van der Waals surface area (Å²) in [5, 5.41) is 13.4. The molecule has 372 valence electrons. The van der Waals surface area contributed by atoms with Crippen LogP contribution >= 0.6 is 15.9 Å². The fraction of sp³-hybridized carbons (Fsp3) is 0.564. The summed E-state index contributed by atoms with van der Waals surface area (Å²) in [6.45, 7) is 17.7. The molecule has 1 N–H and O–H groups in total. The molecule has 4 aliphatic rings. The molecule has 0 amide bonds. The Hall–Kier alpha value is -4.40. The van der Waals surface area contributed by atoms with E-state index in [1.165, 1.54) is 104 Å². The van der Waals surface area contributed by atoms with Crippen LogP contribution in [0.3, 0.4) is 0 Å². The predicted octanol–water partition coefficient (Wildman–Crippen LogP) is 10.5. The van der Waals surface area contributed by atoms with E-state index in [2.05, 4.69) is 126 Å². The third kappa shape index (κ3) is 16.1. The number of hydrogen-bond acceptors (Lipinski definition) is 10. The summed E-state index contributed by atoms with van der Waals surface area (Å²) in [4.78, 5) is 27.7. The fourth-order valence-electron chi connectivity index (χ4n) is 9.87. The zero-order valence-corrected chi connectivity index (χ0v) is 42.5. The summed E-state index contributed by atoms with van der Waals surface area (Å²) in [7, 11) is 2.78. The zero-order chi connectivity index (χ0) is 47.5. The third-order valence-electron chi connectivity index (χ3n) is 14.0. The molecule has 0 unspecified atom stereocenters. The first-order chi connectivity index (χ1) is 32.6. The molecule has 12 nitrogen and oxygen atoms in total. The van der Waals surface area contributed by atoms with Crippen molar-refractivity contribution in [2.75, 3.05) is 72.2 Å². The molecule has 0 aliphatic carbocycles. The van der Waals surface area contributed by atoms with Crippen LogP contribution < -0.4 is 0 Å². The van der Waals surface area contributed by atoms with Gasteiger partial charge in [-0.3, -0.25) is 19.6 Å². The zero-order valence-electron chi connectivity index (χ0n) is 40.9. The average Bonchev–Trinajstić information content (AvgIpc) is 4.17. The van der Waals surface area contributed by atoms with Crippen molar-refractivity contribution in [3.8, 4) is 0 Å². The van der Waals surface area contributed by atoms with E-state index in [1.54, 1.807) is 12.2 Å². The van der Waals surface area contributed by atoms with Crippen molar-refractivity contribution in [3.63, 3.8) is 0 Å². The second kappa shape index (κ2) is 28.3. The normalized spacial score (nSPS) is 19.3. The van der Waals surface area contributed by atoms with Gasteiger partial charge in [0.2, 0.25) is 0 Å². The lowest BCUT2D eigenvalue weighted by molar-refractivity contribution is -0.135. The monoisotopic (exact) mass is 999 g/mol. The molecule has 0 bridgehead atoms. The van der Waals surface area contributed by atoms with E-state index in [-0.39, 0.29) is 19.4 Å². The van der Waals surface area contributed by atoms with E-state index in [9.17, 15) is 9.59 Å². The van der Waals surface area contributed by atoms with E-state index < -0.39 is 0 Å². The number of carbonyl (C=O) groups excluding carboxylic acids is 2. The molecular formula is C55H79BrN6O6. The van der Waals surface area contributed by atoms with Gasteiger partial charge in [0.05, 0.1) is 25.6 Å². The molecule has 2 atom stereocenters. The fourth-order valence-corrected chi connectivity index (χ4v) is 10.5. The predicted molar refractivity (Wildman–Crippen MR) is 277 cm³/mol. The van der Waals surface area contributed by atoms with Crippen molar-refractivity contribution in [3.05, 3.63) is 117 Å². The Morgan fingerprint density at radius 1 is 0.691 bits per heavy atom. The summed E-state index contributed by atoms with van der Waals surface area (Å²) in [5.41, 5.74) is 12.3. The van der Waals surface area contributed by atoms with Crippen molar-refractivity contribution in [2.24, 2.45) is 11.8 Å². The molecule has 4 aromatic rings. The highest BCUT2D eigenvalue weighted by molar-refractivity contribution is 9.09. The molecule has 4 aliphatic heterocycles. The lowest BCUT2D eigenvalue weighted by Gasteiger charge is -2.25. The molecule has 6 heterocycles. The van der Waals surface area contributed by atoms with Gasteiger partial charge in [0, 0.05) is 87.0 Å². The van der Waals surface area contributed by atoms with Gasteiger partial charge in [-0.2, -0.15) is 10.2 Å². The first-order valence-corrected chi connectivity index (χ1v) is 25.6. The standard InChI is InChI=1S/C27H37N3O3.C21H27N3O2.C6H11BrO.CH4/c1-20-25(21(2)30(28-20)19-23-13-17-33-18-14-23)12-16-29-15-4-5-26(29)24-9-6-22(7-10-24)8-11-27(31)32-3;1-15-19(16(2)23-22-15)12-14-24-13-4-5-20(24)18-9-6-17(7-10-18)8-11-21(25)26-3;7-5-6-1-3-8-4-2-6;/h6-11,23,26H,4-5,12-19H2,1-3H3;6-11,20H,4-5,12-14H2,1-3H3,(H,22,23);6H,1-5H2;1H4/b2*11-8+;;/t26-;20-;;/m00../s1. The molecule has 2 aromatic carbocycles. The van der Waals surface area contributed by atoms with Gasteiger partial charge in [0.1, 0.15) is 0 Å². The molecule has 68 heavy (non-hydrogen) atoms. The Kier molecular flexibility index (Phi) is 22.7. The lowest BCUT2D eigenvalue weighted by atomic mass is 10.0. The molecule has 0 saturated carbocycles. The minimum absolute atomic E-state index is 0. The topological polar surface area (TPSA) is 124 Å². The van der Waals surface area contributed by atoms with Crippen LogP contribution in [-0.2, 0) is 47.9 Å². The number of aryl methyl sites for hydroxylation is 3. The van der Waals surface area contributed by atoms with Crippen molar-refractivity contribution >= 4 is 40.0 Å². The highest BCUT2D eigenvalue weighted by atomic mass is 79.9. The molecule has 13 heteroatoms. The number of ether oxygens (including phenoxy) is 4. The number of likely N-dealkylation sites (tertiary alicyclic amines) is 2. The number of aromatic nitrogens is 4. The van der Waals surface area contributed by atoms with Crippen LogP contribution in [0.4, 0.5) is 0 Å². The number of aromatic amines is 1. The second-order valence-corrected chi connectivity index (χ2v) is 19.1. The van der Waals surface area contributed by atoms with Crippen LogP contribution in [-0.4, -0.2) is 114 Å². The van der Waals surface area contributed by atoms with Gasteiger partial charge in [-0.1, -0.05) is 71.9 Å². The number of hydrogen-bond donors (Lipinski definition) is 1. The molecule has 8 rings (SSSR count). The lowest BCUT2D eigenvalue weighted by Crippen LogP contribution is -2.26. The SMILES string of the molecule is BrCC1CCOCC1.C.COC(=O)/C=C/c1ccc([C@@H]2CCCN2CCc2c(C)n[nH]c2C)cc1.COC(=O)/C=C/c1ccc([C@@H]2CCCN2CCc2c(C)nn(CC3CCOCC3)c2C)cc1. The number of benzene rings is 2. The number of H-pyrrole nitrogens is 1. The number of alkyl halides is 1. The second-order valence-electron chi connectivity index (χ2n) is 18.4. The van der Waals surface area contributed by atoms with Crippen molar-refractivity contribution in [2.45, 2.75) is 118 Å². The number of carbonyl (C=O) groups is 2. The van der Waals surface area contributed by atoms with Crippen LogP contribution in [0.5, 0.6) is 0 Å². The van der Waals surface area contributed by atoms with E-state index in [0.29, 0.717) is 18.0 Å². The van der Waals surface area contributed by atoms with E-state index in [1.807, 2.05) is 0 Å². The quantitative estimate of drug-likeness (QED) is 0.0699. The van der Waals surface area contributed by atoms with Gasteiger partial charge in [-0.05, 0) is 162 Å². The number of methoxy groups -OCH3 is 2. The van der Waals surface area contributed by atoms with Crippen LogP contribution in [0.1, 0.15) is 127 Å². The van der Waals surface area contributed by atoms with Gasteiger partial charge < -0.3 is 18.9 Å². The Morgan fingerprint density at radius 2 is 1.16 bits per heavy atom. The Balaban J connectivity index is 0.000000219. The van der Waals surface area contributed by atoms with E-state index >= 15 is 0 Å². The number of nitrogens with zero attached hydrogens (tertiary/aromatic N) is 5. The molecule has 2 aromatic heterocycles. The van der Waals surface area contributed by atoms with E-state index in [0.717, 1.165) is 113 Å². The first-order valence-electron chi connectivity index (χ1n) is 24.5. The third-order valence-corrected chi connectivity index (χ3v) is 15.0. The van der Waals surface area contributed by atoms with Crippen molar-refractivity contribution < 1.29 is 28.5 Å². The van der Waals surface area contributed by atoms with E-state index in [4.69, 9.17) is 14.6 Å². The highest BCUT2D eigenvalue weighted by Gasteiger charge is 2.28. The molecule has 0 radical (unpaired) electrons. The number of halogens is 1. The Labute approximate surface area is 415 Å². The smallest absolute Gasteiger partial charge is 0.330 e. The summed E-state index contributed by atoms with van der Waals surface area (Å²) >= 11 is 3.46. The molecule has 4 saturated heterocycles. The van der Waals surface area contributed by atoms with Gasteiger partial charge in [-0.25, -0.2) is 9.59 Å². The molecular weight excluding hydrogens is 921 g/mol. The van der Waals surface area contributed by atoms with Crippen molar-refractivity contribution in [1.29, 1.82) is 0 Å². The summed E-state index contributed by atoms with van der Waals surface area (Å²) < 4.78 is 22.2. The Bertz CT molecular complexity index is 2170. The van der Waals surface area contributed by atoms with Gasteiger partial charge >= 0.3 is 11.9 Å². The van der Waals surface area contributed by atoms with Gasteiger partial charge in [0.15, 0.2) is 0 Å². The largest absolute Gasteiger partial charge is 0.466 e. The highest BCUT2D eigenvalue weighted by Crippen LogP contribution is 2.34. The van der Waals surface area contributed by atoms with Crippen LogP contribution in [0, 0.1) is 39.5 Å². The van der Waals surface area contributed by atoms with Gasteiger partial charge in [-0.15, -0.1) is 0 Å². The van der Waals surface area contributed by atoms with Crippen LogP contribution in [0.15, 0.2) is 60.7 Å². The summed E-state index contributed by atoms with van der Waals surface area (Å²) in [6.07, 6.45) is 18.2. The minimum Gasteiger partial charge on any atom is -0.466 e. The number of esters is 2. The molecule has 0 spiro atoms. The Morgan fingerprint density at radius 3 is 1.59 bits per heavy atom. The minimum atomic E-state index is -0.333. The maximum Gasteiger partial charge on any atom is 0.330 e. The average molecular weight is 1000 g/mol. The van der Waals surface area contributed by atoms with Crippen molar-refractivity contribution in [1.82, 2.24) is 29.8 Å². The van der Waals surface area contributed by atoms with Gasteiger partial charge in [0.25, 0.3) is 0 Å².